The molecule has 1 unspecified atom stereocenters. The maximum Gasteiger partial charge on any atom is 0.326 e. The van der Waals surface area contributed by atoms with E-state index < -0.39 is 35.5 Å². The maximum atomic E-state index is 12.5. The zero-order chi connectivity index (χ0) is 15.7. The van der Waals surface area contributed by atoms with Gasteiger partial charge in [-0.1, -0.05) is 20.8 Å². The monoisotopic (exact) mass is 286 g/mol. The number of amides is 2. The number of rotatable bonds is 3. The molecule has 0 aromatic carbocycles. The van der Waals surface area contributed by atoms with Gasteiger partial charge in [0.05, 0.1) is 6.10 Å². The fourth-order valence-electron chi connectivity index (χ4n) is 2.31. The molecule has 20 heavy (non-hydrogen) atoms. The van der Waals surface area contributed by atoms with Crippen LogP contribution >= 0.6 is 0 Å². The van der Waals surface area contributed by atoms with E-state index in [1.54, 1.807) is 20.8 Å². The number of aliphatic hydroxyl groups excluding tert-OH is 1. The number of β-amino-alcohol motifs (C(OH)–C–C–N with tert-alkyl or cyclic N) is 1. The number of hydrogen-bond acceptors (Lipinski definition) is 4. The molecule has 0 bridgehead atoms. The number of likely N-dealkylation sites (tertiary alicyclic amines) is 1. The third-order valence-corrected chi connectivity index (χ3v) is 3.31. The van der Waals surface area contributed by atoms with E-state index in [4.69, 9.17) is 5.11 Å². The largest absolute Gasteiger partial charge is 0.480 e. The van der Waals surface area contributed by atoms with E-state index in [1.165, 1.54) is 6.92 Å². The molecule has 0 aromatic heterocycles. The molecule has 0 aliphatic carbocycles. The van der Waals surface area contributed by atoms with E-state index in [-0.39, 0.29) is 18.9 Å². The van der Waals surface area contributed by atoms with Gasteiger partial charge in [-0.05, 0) is 5.41 Å². The predicted molar refractivity (Wildman–Crippen MR) is 70.8 cm³/mol. The first-order valence-corrected chi connectivity index (χ1v) is 6.52. The van der Waals surface area contributed by atoms with Gasteiger partial charge in [-0.2, -0.15) is 0 Å². The van der Waals surface area contributed by atoms with Crippen LogP contribution in [0.4, 0.5) is 0 Å². The van der Waals surface area contributed by atoms with Gasteiger partial charge in [0.15, 0.2) is 0 Å². The molecule has 0 spiro atoms. The van der Waals surface area contributed by atoms with Gasteiger partial charge in [0, 0.05) is 19.9 Å². The summed E-state index contributed by atoms with van der Waals surface area (Å²) in [6.45, 7) is 6.64. The van der Waals surface area contributed by atoms with Gasteiger partial charge in [-0.3, -0.25) is 9.59 Å². The number of carbonyl (C=O) groups excluding carboxylic acids is 2. The Kier molecular flexibility index (Phi) is 4.75. The van der Waals surface area contributed by atoms with Crippen LogP contribution in [0.5, 0.6) is 0 Å². The van der Waals surface area contributed by atoms with Crippen molar-refractivity contribution in [2.45, 2.75) is 52.3 Å². The van der Waals surface area contributed by atoms with Gasteiger partial charge >= 0.3 is 5.97 Å². The summed E-state index contributed by atoms with van der Waals surface area (Å²) in [5, 5.41) is 21.3. The van der Waals surface area contributed by atoms with Crippen LogP contribution in [0.1, 0.15) is 34.1 Å². The summed E-state index contributed by atoms with van der Waals surface area (Å²) in [5.74, 6) is -1.98. The van der Waals surface area contributed by atoms with Crippen LogP contribution in [0.25, 0.3) is 0 Å². The van der Waals surface area contributed by atoms with Crippen LogP contribution in [0.3, 0.4) is 0 Å². The average molecular weight is 286 g/mol. The Morgan fingerprint density at radius 2 is 1.85 bits per heavy atom. The maximum absolute atomic E-state index is 12.5. The van der Waals surface area contributed by atoms with Crippen molar-refractivity contribution in [3.05, 3.63) is 0 Å². The average Bonchev–Trinajstić information content (AvgIpc) is 2.65. The quantitative estimate of drug-likeness (QED) is 0.653. The molecule has 114 valence electrons. The number of nitrogens with zero attached hydrogens (tertiary/aromatic N) is 1. The first kappa shape index (κ1) is 16.4. The van der Waals surface area contributed by atoms with Crippen LogP contribution in [0.15, 0.2) is 0 Å². The first-order chi connectivity index (χ1) is 9.04. The number of aliphatic hydroxyl groups is 1. The van der Waals surface area contributed by atoms with Crippen molar-refractivity contribution in [1.82, 2.24) is 10.2 Å². The van der Waals surface area contributed by atoms with Crippen LogP contribution in [0, 0.1) is 5.41 Å². The SMILES string of the molecule is CC(=O)NC(C(=O)N1C[C@H](O)C[C@H]1C(=O)O)C(C)(C)C. The topological polar surface area (TPSA) is 107 Å². The lowest BCUT2D eigenvalue weighted by Crippen LogP contribution is -2.56. The molecular formula is C13H22N2O5. The van der Waals surface area contributed by atoms with Gasteiger partial charge in [0.25, 0.3) is 0 Å². The van der Waals surface area contributed by atoms with E-state index in [0.717, 1.165) is 4.90 Å². The van der Waals surface area contributed by atoms with Gasteiger partial charge in [-0.15, -0.1) is 0 Å². The number of carbonyl (C=O) groups is 3. The Morgan fingerprint density at radius 3 is 2.25 bits per heavy atom. The van der Waals surface area contributed by atoms with Crippen LogP contribution in [0.2, 0.25) is 0 Å². The highest BCUT2D eigenvalue weighted by Crippen LogP contribution is 2.26. The summed E-state index contributed by atoms with van der Waals surface area (Å²) < 4.78 is 0. The summed E-state index contributed by atoms with van der Waals surface area (Å²) >= 11 is 0. The highest BCUT2D eigenvalue weighted by atomic mass is 16.4. The zero-order valence-electron chi connectivity index (χ0n) is 12.2. The van der Waals surface area contributed by atoms with Crippen molar-refractivity contribution in [3.8, 4) is 0 Å². The fraction of sp³-hybridized carbons (Fsp3) is 0.769. The molecule has 1 aliphatic rings. The van der Waals surface area contributed by atoms with Crippen LogP contribution in [-0.4, -0.2) is 57.6 Å². The minimum atomic E-state index is -1.15. The highest BCUT2D eigenvalue weighted by molar-refractivity contribution is 5.91. The fourth-order valence-corrected chi connectivity index (χ4v) is 2.31. The second kappa shape index (κ2) is 5.78. The Labute approximate surface area is 117 Å². The predicted octanol–water partition coefficient (Wildman–Crippen LogP) is -0.416. The number of carboxylic acids is 1. The van der Waals surface area contributed by atoms with E-state index >= 15 is 0 Å². The van der Waals surface area contributed by atoms with Crippen molar-refractivity contribution in [2.75, 3.05) is 6.54 Å². The number of aliphatic carboxylic acids is 1. The summed E-state index contributed by atoms with van der Waals surface area (Å²) in [6.07, 6.45) is -0.837. The molecule has 0 aromatic rings. The Balaban J connectivity index is 2.99. The van der Waals surface area contributed by atoms with Gasteiger partial charge < -0.3 is 20.4 Å². The van der Waals surface area contributed by atoms with Gasteiger partial charge in [0.1, 0.15) is 12.1 Å². The molecule has 7 nitrogen and oxygen atoms in total. The second-order valence-electron chi connectivity index (χ2n) is 6.23. The van der Waals surface area contributed by atoms with Crippen LogP contribution in [-0.2, 0) is 14.4 Å². The number of nitrogens with one attached hydrogen (secondary N) is 1. The minimum Gasteiger partial charge on any atom is -0.480 e. The highest BCUT2D eigenvalue weighted by Gasteiger charge is 2.44. The molecule has 2 amide bonds. The third-order valence-electron chi connectivity index (χ3n) is 3.31. The summed E-state index contributed by atoms with van der Waals surface area (Å²) in [7, 11) is 0. The van der Waals surface area contributed by atoms with Crippen molar-refractivity contribution >= 4 is 17.8 Å². The van der Waals surface area contributed by atoms with Gasteiger partial charge in [0.2, 0.25) is 11.8 Å². The second-order valence-corrected chi connectivity index (χ2v) is 6.23. The lowest BCUT2D eigenvalue weighted by Gasteiger charge is -2.34. The normalized spacial score (nSPS) is 24.4. The smallest absolute Gasteiger partial charge is 0.326 e. The molecule has 7 heteroatoms. The van der Waals surface area contributed by atoms with Crippen molar-refractivity contribution < 1.29 is 24.6 Å². The van der Waals surface area contributed by atoms with E-state index in [2.05, 4.69) is 5.32 Å². The Hall–Kier alpha value is -1.63. The molecule has 1 saturated heterocycles. The molecule has 0 saturated carbocycles. The number of carboxylic acid groups (broad SMARTS) is 1. The Morgan fingerprint density at radius 1 is 1.30 bits per heavy atom. The van der Waals surface area contributed by atoms with Crippen molar-refractivity contribution in [1.29, 1.82) is 0 Å². The van der Waals surface area contributed by atoms with Crippen molar-refractivity contribution in [2.24, 2.45) is 5.41 Å². The molecular weight excluding hydrogens is 264 g/mol. The van der Waals surface area contributed by atoms with E-state index in [1.807, 2.05) is 0 Å². The zero-order valence-corrected chi connectivity index (χ0v) is 12.2. The molecule has 0 radical (unpaired) electrons. The lowest BCUT2D eigenvalue weighted by atomic mass is 9.85. The van der Waals surface area contributed by atoms with Crippen molar-refractivity contribution in [3.63, 3.8) is 0 Å². The lowest BCUT2D eigenvalue weighted by molar-refractivity contribution is -0.150. The van der Waals surface area contributed by atoms with E-state index in [9.17, 15) is 19.5 Å². The van der Waals surface area contributed by atoms with Crippen LogP contribution < -0.4 is 5.32 Å². The summed E-state index contributed by atoms with van der Waals surface area (Å²) in [4.78, 5) is 36.1. The first-order valence-electron chi connectivity index (χ1n) is 6.52. The molecule has 3 N–H and O–H groups in total. The van der Waals surface area contributed by atoms with Gasteiger partial charge in [-0.25, -0.2) is 4.79 Å². The summed E-state index contributed by atoms with van der Waals surface area (Å²) in [5.41, 5.74) is -0.556. The van der Waals surface area contributed by atoms with E-state index in [0.29, 0.717) is 0 Å². The molecule has 1 rings (SSSR count). The standard InChI is InChI=1S/C13H22N2O5/c1-7(16)14-10(13(2,3)4)11(18)15-6-8(17)5-9(15)12(19)20/h8-10,17H,5-6H2,1-4H3,(H,14,16)(H,19,20)/t8-,9+,10?/m1/s1. The third kappa shape index (κ3) is 3.69. The molecule has 3 atom stereocenters. The molecule has 1 aliphatic heterocycles. The number of hydrogen-bond donors (Lipinski definition) is 3. The Bertz CT molecular complexity index is 415. The minimum absolute atomic E-state index is 0.0119. The molecule has 1 fully saturated rings. The summed E-state index contributed by atoms with van der Waals surface area (Å²) in [6, 6.07) is -1.87. The molecule has 1 heterocycles.